The van der Waals surface area contributed by atoms with Crippen LogP contribution in [-0.2, 0) is 0 Å². The molecule has 19 heavy (non-hydrogen) atoms. The van der Waals surface area contributed by atoms with E-state index < -0.39 is 0 Å². The highest BCUT2D eigenvalue weighted by atomic mass is 127. The molecular formula is C14H16BrIN2O. The van der Waals surface area contributed by atoms with Gasteiger partial charge in [-0.25, -0.2) is 0 Å². The quantitative estimate of drug-likeness (QED) is 0.689. The largest absolute Gasteiger partial charge is 0.334 e. The van der Waals surface area contributed by atoms with Crippen LogP contribution in [-0.4, -0.2) is 36.5 Å². The lowest BCUT2D eigenvalue weighted by Crippen LogP contribution is -2.48. The van der Waals surface area contributed by atoms with Gasteiger partial charge in [0.05, 0.1) is 5.56 Å². The highest BCUT2D eigenvalue weighted by Gasteiger charge is 2.37. The molecule has 1 aromatic carbocycles. The number of halogens is 2. The molecule has 1 aromatic rings. The van der Waals surface area contributed by atoms with Crippen molar-refractivity contribution in [2.24, 2.45) is 5.92 Å². The van der Waals surface area contributed by atoms with Crippen molar-refractivity contribution in [3.8, 4) is 0 Å². The number of carbonyl (C=O) groups excluding carboxylic acids is 1. The molecule has 3 rings (SSSR count). The molecule has 0 bridgehead atoms. The van der Waals surface area contributed by atoms with E-state index in [-0.39, 0.29) is 5.91 Å². The Hall–Kier alpha value is -0.140. The Labute approximate surface area is 135 Å². The number of carbonyl (C=O) groups is 1. The van der Waals surface area contributed by atoms with Gasteiger partial charge in [0.1, 0.15) is 0 Å². The predicted octanol–water partition coefficient (Wildman–Crippen LogP) is 2.88. The molecule has 2 atom stereocenters. The molecule has 102 valence electrons. The maximum atomic E-state index is 12.8. The first kappa shape index (κ1) is 13.8. The predicted molar refractivity (Wildman–Crippen MR) is 87.3 cm³/mol. The molecule has 3 nitrogen and oxygen atoms in total. The van der Waals surface area contributed by atoms with E-state index in [9.17, 15) is 4.79 Å². The second-order valence-corrected chi connectivity index (χ2v) is 7.35. The summed E-state index contributed by atoms with van der Waals surface area (Å²) in [6.07, 6.45) is 2.37. The van der Waals surface area contributed by atoms with Crippen molar-refractivity contribution in [3.63, 3.8) is 0 Å². The molecule has 2 aliphatic rings. The standard InChI is InChI=1S/C14H16BrIN2O/c15-12-4-3-10(16)6-11(12)14(19)18-5-1-2-9-7-17-8-13(9)18/h3-4,6,9,13,17H,1-2,5,7-8H2. The van der Waals surface area contributed by atoms with E-state index in [4.69, 9.17) is 0 Å². The fourth-order valence-corrected chi connectivity index (χ4v) is 4.04. The van der Waals surface area contributed by atoms with Gasteiger partial charge < -0.3 is 10.2 Å². The number of hydrogen-bond donors (Lipinski definition) is 1. The van der Waals surface area contributed by atoms with Gasteiger partial charge in [0.15, 0.2) is 0 Å². The van der Waals surface area contributed by atoms with Crippen molar-refractivity contribution in [3.05, 3.63) is 31.8 Å². The zero-order valence-corrected chi connectivity index (χ0v) is 14.3. The fourth-order valence-electron chi connectivity index (χ4n) is 3.14. The van der Waals surface area contributed by atoms with Gasteiger partial charge in [-0.15, -0.1) is 0 Å². The van der Waals surface area contributed by atoms with E-state index in [0.29, 0.717) is 12.0 Å². The summed E-state index contributed by atoms with van der Waals surface area (Å²) in [5, 5.41) is 3.42. The molecule has 0 saturated carbocycles. The van der Waals surface area contributed by atoms with Crippen LogP contribution in [0, 0.1) is 9.49 Å². The zero-order chi connectivity index (χ0) is 13.4. The van der Waals surface area contributed by atoms with Gasteiger partial charge in [0, 0.05) is 33.7 Å². The molecule has 2 heterocycles. The van der Waals surface area contributed by atoms with Gasteiger partial charge in [0.25, 0.3) is 5.91 Å². The zero-order valence-electron chi connectivity index (χ0n) is 10.5. The number of fused-ring (bicyclic) bond motifs is 1. The average molecular weight is 435 g/mol. The van der Waals surface area contributed by atoms with E-state index in [1.807, 2.05) is 18.2 Å². The molecule has 0 aromatic heterocycles. The van der Waals surface area contributed by atoms with Crippen LogP contribution in [0.5, 0.6) is 0 Å². The summed E-state index contributed by atoms with van der Waals surface area (Å²) in [7, 11) is 0. The minimum absolute atomic E-state index is 0.170. The molecule has 2 unspecified atom stereocenters. The number of hydrogen-bond acceptors (Lipinski definition) is 2. The van der Waals surface area contributed by atoms with Crippen LogP contribution >= 0.6 is 38.5 Å². The molecule has 2 aliphatic heterocycles. The molecule has 1 amide bonds. The van der Waals surface area contributed by atoms with Gasteiger partial charge >= 0.3 is 0 Å². The number of rotatable bonds is 1. The first-order chi connectivity index (χ1) is 9.16. The highest BCUT2D eigenvalue weighted by molar-refractivity contribution is 14.1. The van der Waals surface area contributed by atoms with Crippen molar-refractivity contribution in [2.45, 2.75) is 18.9 Å². The number of piperidine rings is 1. The van der Waals surface area contributed by atoms with E-state index in [1.54, 1.807) is 0 Å². The maximum Gasteiger partial charge on any atom is 0.255 e. The molecule has 2 fully saturated rings. The van der Waals surface area contributed by atoms with Crippen LogP contribution in [0.1, 0.15) is 23.2 Å². The fraction of sp³-hybridized carbons (Fsp3) is 0.500. The van der Waals surface area contributed by atoms with Crippen molar-refractivity contribution >= 4 is 44.4 Å². The van der Waals surface area contributed by atoms with Crippen LogP contribution < -0.4 is 5.32 Å². The van der Waals surface area contributed by atoms with Crippen LogP contribution in [0.25, 0.3) is 0 Å². The second kappa shape index (κ2) is 5.69. The Kier molecular flexibility index (Phi) is 4.14. The normalized spacial score (nSPS) is 26.3. The van der Waals surface area contributed by atoms with E-state index >= 15 is 0 Å². The Morgan fingerprint density at radius 3 is 3.11 bits per heavy atom. The molecule has 0 spiro atoms. The van der Waals surface area contributed by atoms with Gasteiger partial charge in [0.2, 0.25) is 0 Å². The minimum atomic E-state index is 0.170. The summed E-state index contributed by atoms with van der Waals surface area (Å²) in [6.45, 7) is 2.89. The number of amides is 1. The third kappa shape index (κ3) is 2.69. The van der Waals surface area contributed by atoms with Crippen LogP contribution in [0.15, 0.2) is 22.7 Å². The van der Waals surface area contributed by atoms with Crippen LogP contribution in [0.2, 0.25) is 0 Å². The molecule has 5 heteroatoms. The third-order valence-electron chi connectivity index (χ3n) is 4.10. The first-order valence-electron chi connectivity index (χ1n) is 6.63. The third-order valence-corrected chi connectivity index (χ3v) is 5.46. The van der Waals surface area contributed by atoms with Gasteiger partial charge in [-0.3, -0.25) is 4.79 Å². The van der Waals surface area contributed by atoms with Crippen molar-refractivity contribution in [1.82, 2.24) is 10.2 Å². The van der Waals surface area contributed by atoms with E-state index in [1.165, 1.54) is 6.42 Å². The summed E-state index contributed by atoms with van der Waals surface area (Å²) in [5.74, 6) is 0.808. The van der Waals surface area contributed by atoms with E-state index in [2.05, 4.69) is 48.7 Å². The Morgan fingerprint density at radius 2 is 2.26 bits per heavy atom. The van der Waals surface area contributed by atoms with Gasteiger partial charge in [-0.05, 0) is 75.5 Å². The van der Waals surface area contributed by atoms with Gasteiger partial charge in [-0.1, -0.05) is 0 Å². The Balaban J connectivity index is 1.88. The number of nitrogens with zero attached hydrogens (tertiary/aromatic N) is 1. The molecule has 2 saturated heterocycles. The SMILES string of the molecule is O=C(c1cc(I)ccc1Br)N1CCCC2CNCC21. The summed E-state index contributed by atoms with van der Waals surface area (Å²) < 4.78 is 1.99. The topological polar surface area (TPSA) is 32.3 Å². The van der Waals surface area contributed by atoms with Crippen LogP contribution in [0.3, 0.4) is 0 Å². The van der Waals surface area contributed by atoms with Crippen molar-refractivity contribution in [2.75, 3.05) is 19.6 Å². The lowest BCUT2D eigenvalue weighted by molar-refractivity contribution is 0.0574. The molecule has 0 aliphatic carbocycles. The van der Waals surface area contributed by atoms with E-state index in [0.717, 1.165) is 39.7 Å². The smallest absolute Gasteiger partial charge is 0.255 e. The molecular weight excluding hydrogens is 419 g/mol. The Bertz CT molecular complexity index is 508. The van der Waals surface area contributed by atoms with Gasteiger partial charge in [-0.2, -0.15) is 0 Å². The lowest BCUT2D eigenvalue weighted by atomic mass is 9.91. The molecule has 1 N–H and O–H groups in total. The minimum Gasteiger partial charge on any atom is -0.334 e. The Morgan fingerprint density at radius 1 is 1.42 bits per heavy atom. The maximum absolute atomic E-state index is 12.8. The summed E-state index contributed by atoms with van der Waals surface area (Å²) in [6, 6.07) is 6.32. The highest BCUT2D eigenvalue weighted by Crippen LogP contribution is 2.29. The summed E-state index contributed by atoms with van der Waals surface area (Å²) in [4.78, 5) is 14.9. The number of likely N-dealkylation sites (tertiary alicyclic amines) is 1. The lowest BCUT2D eigenvalue weighted by Gasteiger charge is -2.37. The number of benzene rings is 1. The van der Waals surface area contributed by atoms with Crippen molar-refractivity contribution < 1.29 is 4.79 Å². The first-order valence-corrected chi connectivity index (χ1v) is 8.51. The second-order valence-electron chi connectivity index (χ2n) is 5.25. The summed E-state index contributed by atoms with van der Waals surface area (Å²) >= 11 is 5.76. The number of nitrogens with one attached hydrogen (secondary N) is 1. The summed E-state index contributed by atoms with van der Waals surface area (Å²) in [5.41, 5.74) is 0.791. The monoisotopic (exact) mass is 434 g/mol. The molecule has 0 radical (unpaired) electrons. The average Bonchev–Trinajstić information content (AvgIpc) is 2.89. The van der Waals surface area contributed by atoms with Crippen LogP contribution in [0.4, 0.5) is 0 Å². The van der Waals surface area contributed by atoms with Crippen molar-refractivity contribution in [1.29, 1.82) is 0 Å².